The van der Waals surface area contributed by atoms with Gasteiger partial charge in [-0.25, -0.2) is 0 Å². The van der Waals surface area contributed by atoms with E-state index in [1.165, 1.54) is 0 Å². The molecule has 0 saturated heterocycles. The summed E-state index contributed by atoms with van der Waals surface area (Å²) in [6.07, 6.45) is 2.91. The summed E-state index contributed by atoms with van der Waals surface area (Å²) in [4.78, 5) is 23.2. The molecule has 1 unspecified atom stereocenters. The Hall–Kier alpha value is -2.47. The molecular weight excluding hydrogens is 368 g/mol. The monoisotopic (exact) mass is 394 g/mol. The third-order valence-electron chi connectivity index (χ3n) is 6.03. The number of thiophene rings is 1. The minimum absolute atomic E-state index is 0.0949. The molecule has 1 aliphatic heterocycles. The van der Waals surface area contributed by atoms with E-state index in [9.17, 15) is 4.79 Å². The maximum absolute atomic E-state index is 13.3. The van der Waals surface area contributed by atoms with Gasteiger partial charge in [-0.1, -0.05) is 6.92 Å². The van der Waals surface area contributed by atoms with E-state index < -0.39 is 5.54 Å². The second-order valence-corrected chi connectivity index (χ2v) is 8.94. The van der Waals surface area contributed by atoms with Crippen molar-refractivity contribution in [3.8, 4) is 11.1 Å². The van der Waals surface area contributed by atoms with E-state index in [1.807, 2.05) is 19.1 Å². The summed E-state index contributed by atoms with van der Waals surface area (Å²) in [5, 5.41) is 2.09. The highest BCUT2D eigenvalue weighted by Crippen LogP contribution is 2.53. The molecule has 2 aromatic rings. The van der Waals surface area contributed by atoms with E-state index in [4.69, 9.17) is 16.5 Å². The lowest BCUT2D eigenvalue weighted by Gasteiger charge is -2.39. The summed E-state index contributed by atoms with van der Waals surface area (Å²) >= 11 is 1.63. The van der Waals surface area contributed by atoms with Gasteiger partial charge in [0.25, 0.3) is 0 Å². The van der Waals surface area contributed by atoms with E-state index in [-0.39, 0.29) is 17.6 Å². The van der Waals surface area contributed by atoms with Gasteiger partial charge in [0.15, 0.2) is 0 Å². The lowest BCUT2D eigenvalue weighted by molar-refractivity contribution is -0.128. The minimum Gasteiger partial charge on any atom is -0.399 e. The Morgan fingerprint density at radius 3 is 2.64 bits per heavy atom. The zero-order valence-corrected chi connectivity index (χ0v) is 17.1. The Morgan fingerprint density at radius 1 is 1.25 bits per heavy atom. The van der Waals surface area contributed by atoms with Crippen LogP contribution in [0.2, 0.25) is 0 Å². The zero-order chi connectivity index (χ0) is 20.1. The molecule has 28 heavy (non-hydrogen) atoms. The third-order valence-corrected chi connectivity index (χ3v) is 7.19. The van der Waals surface area contributed by atoms with E-state index in [0.29, 0.717) is 23.9 Å². The molecule has 1 aromatic carbocycles. The van der Waals surface area contributed by atoms with Gasteiger partial charge < -0.3 is 11.5 Å². The zero-order valence-electron chi connectivity index (χ0n) is 16.3. The van der Waals surface area contributed by atoms with Gasteiger partial charge in [0.2, 0.25) is 0 Å². The molecule has 2 aliphatic rings. The highest BCUT2D eigenvalue weighted by Gasteiger charge is 2.54. The number of carbonyl (C=O) groups is 1. The minimum atomic E-state index is -0.600. The number of hydrogen-bond acceptors (Lipinski definition) is 6. The van der Waals surface area contributed by atoms with Gasteiger partial charge in [0.05, 0.1) is 17.5 Å². The first-order valence-electron chi connectivity index (χ1n) is 9.73. The van der Waals surface area contributed by atoms with Crippen molar-refractivity contribution in [1.82, 2.24) is 0 Å². The average Bonchev–Trinajstić information content (AvgIpc) is 3.34. The molecule has 6 heteroatoms. The number of nitrogens with zero attached hydrogens (tertiary/aromatic N) is 2. The number of hydrogen-bond donors (Lipinski definition) is 2. The van der Waals surface area contributed by atoms with Crippen molar-refractivity contribution < 1.29 is 4.79 Å². The molecule has 4 N–H and O–H groups in total. The molecule has 0 amide bonds. The summed E-state index contributed by atoms with van der Waals surface area (Å²) in [7, 11) is 0. The molecule has 5 nitrogen and oxygen atoms in total. The number of ketones is 1. The molecule has 1 saturated carbocycles. The van der Waals surface area contributed by atoms with Crippen LogP contribution in [0.15, 0.2) is 39.6 Å². The fourth-order valence-corrected chi connectivity index (χ4v) is 5.50. The highest BCUT2D eigenvalue weighted by molar-refractivity contribution is 7.10. The van der Waals surface area contributed by atoms with Crippen molar-refractivity contribution in [2.45, 2.75) is 38.6 Å². The van der Waals surface area contributed by atoms with Crippen LogP contribution in [0.25, 0.3) is 11.1 Å². The van der Waals surface area contributed by atoms with Crippen LogP contribution < -0.4 is 11.5 Å². The van der Waals surface area contributed by atoms with Gasteiger partial charge in [-0.3, -0.25) is 14.8 Å². The van der Waals surface area contributed by atoms with Crippen molar-refractivity contribution >= 4 is 41.0 Å². The number of carbonyl (C=O) groups excluding carboxylic acids is 1. The SMILES string of the molecule is C=Nc1cc(N)cc(-c2csc([C@@]3(C)N=C(N)C(CC)C(=O)[C@H]3C3CC3)c2)c1. The van der Waals surface area contributed by atoms with Crippen LogP contribution in [0.4, 0.5) is 11.4 Å². The first kappa shape index (κ1) is 18.9. The van der Waals surface area contributed by atoms with Crippen LogP contribution in [0.5, 0.6) is 0 Å². The number of aliphatic imine (C=N–C) groups is 2. The maximum Gasteiger partial charge on any atom is 0.149 e. The van der Waals surface area contributed by atoms with Crippen LogP contribution in [-0.2, 0) is 10.3 Å². The molecule has 1 aliphatic carbocycles. The third kappa shape index (κ3) is 3.05. The summed E-state index contributed by atoms with van der Waals surface area (Å²) in [5.41, 5.74) is 15.1. The van der Waals surface area contributed by atoms with Gasteiger partial charge in [-0.15, -0.1) is 11.3 Å². The van der Waals surface area contributed by atoms with E-state index in [2.05, 4.69) is 30.1 Å². The van der Waals surface area contributed by atoms with Gasteiger partial charge >= 0.3 is 0 Å². The molecule has 146 valence electrons. The molecular formula is C22H26N4OS. The first-order valence-corrected chi connectivity index (χ1v) is 10.6. The fraction of sp³-hybridized carbons (Fsp3) is 0.409. The van der Waals surface area contributed by atoms with Gasteiger partial charge in [-0.05, 0) is 79.6 Å². The Balaban J connectivity index is 1.78. The van der Waals surface area contributed by atoms with Crippen LogP contribution in [0, 0.1) is 17.8 Å². The standard InChI is InChI=1S/C22H26N4OS/c1-4-17-20(27)19(12-5-6-12)22(2,26-21(17)24)18-9-14(11-28-18)13-7-15(23)10-16(8-13)25-3/h7-12,17,19H,3-6,23H2,1-2H3,(H2,24,26)/t17?,19-,22-/m1/s1. The number of nitrogens with two attached hydrogens (primary N) is 2. The molecule has 1 aromatic heterocycles. The lowest BCUT2D eigenvalue weighted by atomic mass is 9.71. The second-order valence-electron chi connectivity index (χ2n) is 8.03. The number of nitrogen functional groups attached to an aromatic ring is 1. The normalized spacial score (nSPS) is 27.5. The van der Waals surface area contributed by atoms with E-state index in [1.54, 1.807) is 17.4 Å². The Labute approximate surface area is 169 Å². The van der Waals surface area contributed by atoms with Gasteiger partial charge in [0.1, 0.15) is 17.2 Å². The number of anilines is 1. The van der Waals surface area contributed by atoms with Crippen molar-refractivity contribution in [2.24, 2.45) is 33.5 Å². The topological polar surface area (TPSA) is 93.8 Å². The van der Waals surface area contributed by atoms with Gasteiger partial charge in [0, 0.05) is 10.6 Å². The quantitative estimate of drug-likeness (QED) is 0.576. The summed E-state index contributed by atoms with van der Waals surface area (Å²) in [5.74, 6) is 0.814. The van der Waals surface area contributed by atoms with Crippen LogP contribution in [0.1, 0.15) is 38.0 Å². The predicted octanol–water partition coefficient (Wildman–Crippen LogP) is 4.54. The molecule has 0 radical (unpaired) electrons. The summed E-state index contributed by atoms with van der Waals surface area (Å²) < 4.78 is 0. The van der Waals surface area contributed by atoms with Crippen LogP contribution >= 0.6 is 11.3 Å². The fourth-order valence-electron chi connectivity index (χ4n) is 4.44. The van der Waals surface area contributed by atoms with Crippen molar-refractivity contribution in [3.63, 3.8) is 0 Å². The Morgan fingerprint density at radius 2 is 2.00 bits per heavy atom. The number of amidine groups is 1. The van der Waals surface area contributed by atoms with Crippen LogP contribution in [0.3, 0.4) is 0 Å². The predicted molar refractivity (Wildman–Crippen MR) is 117 cm³/mol. The molecule has 0 spiro atoms. The summed E-state index contributed by atoms with van der Waals surface area (Å²) in [6.45, 7) is 7.67. The van der Waals surface area contributed by atoms with E-state index >= 15 is 0 Å². The van der Waals surface area contributed by atoms with Crippen molar-refractivity contribution in [2.75, 3.05) is 5.73 Å². The van der Waals surface area contributed by atoms with Gasteiger partial charge in [-0.2, -0.15) is 0 Å². The smallest absolute Gasteiger partial charge is 0.149 e. The molecule has 4 rings (SSSR count). The number of Topliss-reactive ketones (excluding diaryl/α,β-unsaturated/α-hetero) is 1. The second kappa shape index (κ2) is 6.85. The Bertz CT molecular complexity index is 975. The largest absolute Gasteiger partial charge is 0.399 e. The van der Waals surface area contributed by atoms with E-state index in [0.717, 1.165) is 34.5 Å². The maximum atomic E-state index is 13.3. The van der Waals surface area contributed by atoms with Crippen LogP contribution in [-0.4, -0.2) is 18.3 Å². The van der Waals surface area contributed by atoms with Crippen molar-refractivity contribution in [1.29, 1.82) is 0 Å². The highest BCUT2D eigenvalue weighted by atomic mass is 32.1. The average molecular weight is 395 g/mol. The number of rotatable bonds is 5. The first-order chi connectivity index (χ1) is 13.4. The molecule has 1 fully saturated rings. The van der Waals surface area contributed by atoms with Crippen molar-refractivity contribution in [3.05, 3.63) is 34.5 Å². The lowest BCUT2D eigenvalue weighted by Crippen LogP contribution is -2.49. The molecule has 0 bridgehead atoms. The Kier molecular flexibility index (Phi) is 4.62. The molecule has 3 atom stereocenters. The number of benzene rings is 1. The molecule has 2 heterocycles. The summed E-state index contributed by atoms with van der Waals surface area (Å²) in [6, 6.07) is 7.81.